The van der Waals surface area contributed by atoms with Crippen molar-refractivity contribution in [3.63, 3.8) is 0 Å². The van der Waals surface area contributed by atoms with Crippen molar-refractivity contribution in [1.82, 2.24) is 0 Å². The summed E-state index contributed by atoms with van der Waals surface area (Å²) in [4.78, 5) is 2.68. The zero-order valence-corrected chi connectivity index (χ0v) is 11.1. The lowest BCUT2D eigenvalue weighted by atomic mass is 10.1. The molecule has 0 saturated carbocycles. The van der Waals surface area contributed by atoms with Gasteiger partial charge < -0.3 is 10.6 Å². The molecule has 3 heteroatoms. The van der Waals surface area contributed by atoms with E-state index in [1.54, 1.807) is 0 Å². The number of para-hydroxylation sites is 1. The van der Waals surface area contributed by atoms with Crippen LogP contribution in [-0.2, 0) is 0 Å². The van der Waals surface area contributed by atoms with Gasteiger partial charge in [0, 0.05) is 24.8 Å². The first-order valence-electron chi connectivity index (χ1n) is 5.62. The normalized spacial score (nSPS) is 10.5. The molecule has 2 nitrogen and oxygen atoms in total. The van der Waals surface area contributed by atoms with E-state index in [2.05, 4.69) is 31.9 Å². The molecule has 0 atom stereocenters. The highest BCUT2D eigenvalue weighted by Gasteiger charge is 2.08. The lowest BCUT2D eigenvalue weighted by Crippen LogP contribution is -2.23. The fourth-order valence-corrected chi connectivity index (χ4v) is 1.76. The Labute approximate surface area is 103 Å². The topological polar surface area (TPSA) is 29.3 Å². The van der Waals surface area contributed by atoms with Gasteiger partial charge in [0.15, 0.2) is 0 Å². The quantitative estimate of drug-likeness (QED) is 0.797. The minimum Gasteiger partial charge on any atom is -0.389 e. The predicted molar refractivity (Wildman–Crippen MR) is 75.1 cm³/mol. The van der Waals surface area contributed by atoms with Crippen molar-refractivity contribution in [2.75, 3.05) is 18.5 Å². The van der Waals surface area contributed by atoms with Crippen molar-refractivity contribution < 1.29 is 0 Å². The molecule has 0 bridgehead atoms. The summed E-state index contributed by atoms with van der Waals surface area (Å²) >= 11 is 5.06. The van der Waals surface area contributed by atoms with Gasteiger partial charge in [-0.05, 0) is 24.5 Å². The number of anilines is 1. The predicted octanol–water partition coefficient (Wildman–Crippen LogP) is 2.80. The second kappa shape index (κ2) is 5.85. The molecule has 0 aliphatic rings. The SMILES string of the molecule is CC(C)CCN(C)c1ccccc1C(N)=S. The zero-order chi connectivity index (χ0) is 12.1. The Morgan fingerprint density at radius 2 is 2.00 bits per heavy atom. The van der Waals surface area contributed by atoms with E-state index in [0.29, 0.717) is 10.9 Å². The largest absolute Gasteiger partial charge is 0.389 e. The average molecular weight is 236 g/mol. The van der Waals surface area contributed by atoms with Crippen LogP contribution in [0, 0.1) is 5.92 Å². The van der Waals surface area contributed by atoms with E-state index in [4.69, 9.17) is 18.0 Å². The maximum absolute atomic E-state index is 5.71. The molecule has 88 valence electrons. The van der Waals surface area contributed by atoms with Gasteiger partial charge in [-0.3, -0.25) is 0 Å². The van der Waals surface area contributed by atoms with Crippen LogP contribution in [0.4, 0.5) is 5.69 Å². The Hall–Kier alpha value is -1.09. The van der Waals surface area contributed by atoms with E-state index in [0.717, 1.165) is 17.8 Å². The highest BCUT2D eigenvalue weighted by Crippen LogP contribution is 2.19. The van der Waals surface area contributed by atoms with Crippen LogP contribution in [0.2, 0.25) is 0 Å². The monoisotopic (exact) mass is 236 g/mol. The van der Waals surface area contributed by atoms with Gasteiger partial charge in [0.2, 0.25) is 0 Å². The molecule has 1 aromatic carbocycles. The van der Waals surface area contributed by atoms with Crippen LogP contribution in [-0.4, -0.2) is 18.6 Å². The third-order valence-electron chi connectivity index (χ3n) is 2.62. The summed E-state index contributed by atoms with van der Waals surface area (Å²) in [5.74, 6) is 0.708. The second-order valence-electron chi connectivity index (χ2n) is 4.49. The van der Waals surface area contributed by atoms with Gasteiger partial charge in [-0.15, -0.1) is 0 Å². The molecule has 0 heterocycles. The molecule has 2 N–H and O–H groups in total. The Kier molecular flexibility index (Phi) is 4.74. The van der Waals surface area contributed by atoms with Crippen LogP contribution in [0.5, 0.6) is 0 Å². The summed E-state index contributed by atoms with van der Waals surface area (Å²) in [6, 6.07) is 8.02. The van der Waals surface area contributed by atoms with E-state index in [1.807, 2.05) is 18.2 Å². The number of hydrogen-bond acceptors (Lipinski definition) is 2. The Bertz CT molecular complexity index is 361. The van der Waals surface area contributed by atoms with Gasteiger partial charge in [-0.25, -0.2) is 0 Å². The summed E-state index contributed by atoms with van der Waals surface area (Å²) in [6.07, 6.45) is 1.17. The molecule has 0 saturated heterocycles. The Morgan fingerprint density at radius 3 is 2.56 bits per heavy atom. The molecule has 0 radical (unpaired) electrons. The van der Waals surface area contributed by atoms with E-state index in [-0.39, 0.29) is 0 Å². The molecule has 0 unspecified atom stereocenters. The van der Waals surface area contributed by atoms with Gasteiger partial charge >= 0.3 is 0 Å². The van der Waals surface area contributed by atoms with E-state index < -0.39 is 0 Å². The minimum atomic E-state index is 0.465. The molecule has 0 aliphatic heterocycles. The Balaban J connectivity index is 2.82. The van der Waals surface area contributed by atoms with Crippen molar-refractivity contribution in [3.8, 4) is 0 Å². The molecule has 16 heavy (non-hydrogen) atoms. The fraction of sp³-hybridized carbons (Fsp3) is 0.462. The van der Waals surface area contributed by atoms with Crippen molar-refractivity contribution in [2.24, 2.45) is 11.7 Å². The van der Waals surface area contributed by atoms with Crippen LogP contribution in [0.15, 0.2) is 24.3 Å². The summed E-state index contributed by atoms with van der Waals surface area (Å²) in [6.45, 7) is 5.48. The van der Waals surface area contributed by atoms with Gasteiger partial charge in [0.25, 0.3) is 0 Å². The summed E-state index contributed by atoms with van der Waals surface area (Å²) in [5, 5.41) is 0. The highest BCUT2D eigenvalue weighted by molar-refractivity contribution is 7.80. The van der Waals surface area contributed by atoms with Gasteiger partial charge in [-0.1, -0.05) is 38.2 Å². The van der Waals surface area contributed by atoms with E-state index >= 15 is 0 Å². The van der Waals surface area contributed by atoms with Gasteiger partial charge in [-0.2, -0.15) is 0 Å². The summed E-state index contributed by atoms with van der Waals surface area (Å²) in [7, 11) is 2.08. The summed E-state index contributed by atoms with van der Waals surface area (Å²) < 4.78 is 0. The van der Waals surface area contributed by atoms with Crippen LogP contribution >= 0.6 is 12.2 Å². The van der Waals surface area contributed by atoms with Crippen LogP contribution in [0.1, 0.15) is 25.8 Å². The third kappa shape index (κ3) is 3.49. The molecule has 1 aromatic rings. The minimum absolute atomic E-state index is 0.465. The number of benzene rings is 1. The van der Waals surface area contributed by atoms with Crippen LogP contribution in [0.3, 0.4) is 0 Å². The lowest BCUT2D eigenvalue weighted by Gasteiger charge is -2.22. The van der Waals surface area contributed by atoms with E-state index in [9.17, 15) is 0 Å². The van der Waals surface area contributed by atoms with Crippen molar-refractivity contribution in [2.45, 2.75) is 20.3 Å². The van der Waals surface area contributed by atoms with Gasteiger partial charge in [0.1, 0.15) is 4.99 Å². The maximum atomic E-state index is 5.71. The maximum Gasteiger partial charge on any atom is 0.106 e. The smallest absolute Gasteiger partial charge is 0.106 e. The molecule has 0 fully saturated rings. The summed E-state index contributed by atoms with van der Waals surface area (Å²) in [5.41, 5.74) is 7.80. The van der Waals surface area contributed by atoms with Crippen LogP contribution < -0.4 is 10.6 Å². The third-order valence-corrected chi connectivity index (χ3v) is 2.84. The molecule has 0 spiro atoms. The molecule has 1 rings (SSSR count). The molecular weight excluding hydrogens is 216 g/mol. The number of nitrogens with two attached hydrogens (primary N) is 1. The molecule has 0 aromatic heterocycles. The lowest BCUT2D eigenvalue weighted by molar-refractivity contribution is 0.585. The standard InChI is InChI=1S/C13H20N2S/c1-10(2)8-9-15(3)12-7-5-4-6-11(12)13(14)16/h4-7,10H,8-9H2,1-3H3,(H2,14,16). The number of rotatable bonds is 5. The van der Waals surface area contributed by atoms with Crippen molar-refractivity contribution >= 4 is 22.9 Å². The van der Waals surface area contributed by atoms with Crippen molar-refractivity contribution in [3.05, 3.63) is 29.8 Å². The van der Waals surface area contributed by atoms with E-state index in [1.165, 1.54) is 6.42 Å². The fourth-order valence-electron chi connectivity index (χ4n) is 1.59. The Morgan fingerprint density at radius 1 is 1.38 bits per heavy atom. The first kappa shape index (κ1) is 13.0. The van der Waals surface area contributed by atoms with Gasteiger partial charge in [0.05, 0.1) is 0 Å². The zero-order valence-electron chi connectivity index (χ0n) is 10.2. The van der Waals surface area contributed by atoms with Crippen LogP contribution in [0.25, 0.3) is 0 Å². The number of nitrogens with zero attached hydrogens (tertiary/aromatic N) is 1. The highest BCUT2D eigenvalue weighted by atomic mass is 32.1. The molecule has 0 aliphatic carbocycles. The first-order valence-corrected chi connectivity index (χ1v) is 6.03. The molecule has 0 amide bonds. The second-order valence-corrected chi connectivity index (χ2v) is 4.93. The average Bonchev–Trinajstić information content (AvgIpc) is 2.25. The number of hydrogen-bond donors (Lipinski definition) is 1. The molecular formula is C13H20N2S. The first-order chi connectivity index (χ1) is 7.52. The number of thiocarbonyl (C=S) groups is 1. The van der Waals surface area contributed by atoms with Crippen molar-refractivity contribution in [1.29, 1.82) is 0 Å².